The van der Waals surface area contributed by atoms with Gasteiger partial charge in [0.15, 0.2) is 0 Å². The Kier molecular flexibility index (Phi) is 5.01. The monoisotopic (exact) mass is 254 g/mol. The Balaban J connectivity index is 1.84. The largest absolute Gasteiger partial charge is 0.379 e. The fraction of sp³-hybridized carbons (Fsp3) is 0.929. The fourth-order valence-corrected chi connectivity index (χ4v) is 3.21. The van der Waals surface area contributed by atoms with Gasteiger partial charge in [0.2, 0.25) is 5.91 Å². The molecule has 0 aromatic heterocycles. The molecular formula is C14H26N2O2. The highest BCUT2D eigenvalue weighted by Crippen LogP contribution is 2.26. The topological polar surface area (TPSA) is 41.6 Å². The van der Waals surface area contributed by atoms with E-state index in [2.05, 4.69) is 12.2 Å². The normalized spacial score (nSPS) is 28.8. The summed E-state index contributed by atoms with van der Waals surface area (Å²) in [6, 6.07) is 0.202. The first-order valence-electron chi connectivity index (χ1n) is 7.28. The molecule has 1 aliphatic heterocycles. The Labute approximate surface area is 110 Å². The van der Waals surface area contributed by atoms with Crippen LogP contribution in [-0.4, -0.2) is 50.2 Å². The number of rotatable bonds is 5. The molecule has 0 radical (unpaired) electrons. The van der Waals surface area contributed by atoms with Crippen LogP contribution >= 0.6 is 0 Å². The molecule has 2 rings (SSSR count). The number of nitrogens with zero attached hydrogens (tertiary/aromatic N) is 1. The van der Waals surface area contributed by atoms with Crippen molar-refractivity contribution in [2.24, 2.45) is 11.8 Å². The maximum absolute atomic E-state index is 12.4. The molecule has 2 atom stereocenters. The van der Waals surface area contributed by atoms with Crippen LogP contribution in [0, 0.1) is 11.8 Å². The van der Waals surface area contributed by atoms with Crippen molar-refractivity contribution in [3.8, 4) is 0 Å². The van der Waals surface area contributed by atoms with Crippen LogP contribution < -0.4 is 5.32 Å². The highest BCUT2D eigenvalue weighted by atomic mass is 16.5. The van der Waals surface area contributed by atoms with Gasteiger partial charge in [-0.3, -0.25) is 4.79 Å². The molecular weight excluding hydrogens is 228 g/mol. The second-order valence-electron chi connectivity index (χ2n) is 5.68. The Hall–Kier alpha value is -0.610. The first-order chi connectivity index (χ1) is 8.72. The quantitative estimate of drug-likeness (QED) is 0.803. The summed E-state index contributed by atoms with van der Waals surface area (Å²) in [4.78, 5) is 14.4. The number of hydrogen-bond acceptors (Lipinski definition) is 3. The molecule has 1 N–H and O–H groups in total. The molecule has 18 heavy (non-hydrogen) atoms. The zero-order valence-electron chi connectivity index (χ0n) is 11.7. The molecule has 104 valence electrons. The molecule has 1 aliphatic carbocycles. The van der Waals surface area contributed by atoms with Gasteiger partial charge in [-0.25, -0.2) is 0 Å². The van der Waals surface area contributed by atoms with Crippen LogP contribution in [0.1, 0.15) is 32.6 Å². The average molecular weight is 254 g/mol. The van der Waals surface area contributed by atoms with Crippen molar-refractivity contribution in [3.05, 3.63) is 0 Å². The van der Waals surface area contributed by atoms with Crippen LogP contribution in [0.5, 0.6) is 0 Å². The van der Waals surface area contributed by atoms with Crippen molar-refractivity contribution in [1.82, 2.24) is 10.2 Å². The molecule has 4 heteroatoms. The summed E-state index contributed by atoms with van der Waals surface area (Å²) in [5.41, 5.74) is 0. The fourth-order valence-electron chi connectivity index (χ4n) is 3.21. The second-order valence-corrected chi connectivity index (χ2v) is 5.68. The van der Waals surface area contributed by atoms with Crippen LogP contribution in [-0.2, 0) is 9.53 Å². The molecule has 0 aromatic rings. The summed E-state index contributed by atoms with van der Waals surface area (Å²) in [6.45, 7) is 5.13. The standard InChI is InChI=1S/C14H26N2O2/c1-3-15-13-10-18-9-12(13)14(17)16(2)8-11-6-4-5-7-11/h11-13,15H,3-10H2,1-2H3. The average Bonchev–Trinajstić information content (AvgIpc) is 3.00. The number of hydrogen-bond donors (Lipinski definition) is 1. The van der Waals surface area contributed by atoms with Crippen LogP contribution in [0.4, 0.5) is 0 Å². The zero-order valence-corrected chi connectivity index (χ0v) is 11.7. The summed E-state index contributed by atoms with van der Waals surface area (Å²) in [6.07, 6.45) is 5.24. The van der Waals surface area contributed by atoms with Crippen molar-refractivity contribution >= 4 is 5.91 Å². The number of nitrogens with one attached hydrogen (secondary N) is 1. The van der Waals surface area contributed by atoms with Crippen molar-refractivity contribution in [3.63, 3.8) is 0 Å². The molecule has 1 saturated carbocycles. The third-order valence-corrected chi connectivity index (χ3v) is 4.25. The lowest BCUT2D eigenvalue weighted by Gasteiger charge is -2.26. The van der Waals surface area contributed by atoms with Gasteiger partial charge in [0, 0.05) is 19.6 Å². The van der Waals surface area contributed by atoms with Gasteiger partial charge < -0.3 is 15.0 Å². The van der Waals surface area contributed by atoms with Gasteiger partial charge in [0.1, 0.15) is 0 Å². The Morgan fingerprint density at radius 3 is 2.72 bits per heavy atom. The predicted octanol–water partition coefficient (Wildman–Crippen LogP) is 1.26. The molecule has 4 nitrogen and oxygen atoms in total. The van der Waals surface area contributed by atoms with E-state index in [-0.39, 0.29) is 17.9 Å². The summed E-state index contributed by atoms with van der Waals surface area (Å²) in [7, 11) is 1.95. The lowest BCUT2D eigenvalue weighted by Crippen LogP contribution is -2.45. The van der Waals surface area contributed by atoms with Crippen molar-refractivity contribution in [2.45, 2.75) is 38.6 Å². The van der Waals surface area contributed by atoms with Gasteiger partial charge in [0.05, 0.1) is 19.1 Å². The highest BCUT2D eigenvalue weighted by Gasteiger charge is 2.35. The van der Waals surface area contributed by atoms with Gasteiger partial charge in [-0.15, -0.1) is 0 Å². The summed E-state index contributed by atoms with van der Waals surface area (Å²) in [5, 5.41) is 3.35. The van der Waals surface area contributed by atoms with E-state index in [1.807, 2.05) is 11.9 Å². The minimum absolute atomic E-state index is 0.0105. The van der Waals surface area contributed by atoms with Gasteiger partial charge >= 0.3 is 0 Å². The highest BCUT2D eigenvalue weighted by molar-refractivity contribution is 5.79. The van der Waals surface area contributed by atoms with Crippen molar-refractivity contribution in [2.75, 3.05) is 33.4 Å². The predicted molar refractivity (Wildman–Crippen MR) is 71.4 cm³/mol. The van der Waals surface area contributed by atoms with Gasteiger partial charge in [-0.2, -0.15) is 0 Å². The molecule has 1 heterocycles. The molecule has 0 bridgehead atoms. The second kappa shape index (κ2) is 6.53. The SMILES string of the molecule is CCNC1COCC1C(=O)N(C)CC1CCCC1. The first-order valence-corrected chi connectivity index (χ1v) is 7.28. The lowest BCUT2D eigenvalue weighted by molar-refractivity contribution is -0.135. The van der Waals surface area contributed by atoms with Crippen molar-refractivity contribution in [1.29, 1.82) is 0 Å². The van der Waals surface area contributed by atoms with Gasteiger partial charge in [-0.05, 0) is 25.3 Å². The zero-order chi connectivity index (χ0) is 13.0. The summed E-state index contributed by atoms with van der Waals surface area (Å²) < 4.78 is 5.45. The minimum atomic E-state index is 0.0105. The molecule has 2 aliphatic rings. The van der Waals surface area contributed by atoms with E-state index >= 15 is 0 Å². The molecule has 1 saturated heterocycles. The van der Waals surface area contributed by atoms with E-state index in [4.69, 9.17) is 4.74 Å². The number of carbonyl (C=O) groups excluding carboxylic acids is 1. The third-order valence-electron chi connectivity index (χ3n) is 4.25. The maximum Gasteiger partial charge on any atom is 0.229 e. The molecule has 2 fully saturated rings. The molecule has 0 aromatic carbocycles. The Morgan fingerprint density at radius 2 is 2.06 bits per heavy atom. The summed E-state index contributed by atoms with van der Waals surface area (Å²) in [5.74, 6) is 0.987. The van der Waals surface area contributed by atoms with Gasteiger partial charge in [0.25, 0.3) is 0 Å². The smallest absolute Gasteiger partial charge is 0.229 e. The molecule has 1 amide bonds. The Bertz CT molecular complexity index is 277. The summed E-state index contributed by atoms with van der Waals surface area (Å²) >= 11 is 0. The van der Waals surface area contributed by atoms with E-state index in [0.717, 1.165) is 19.0 Å². The van der Waals surface area contributed by atoms with E-state index in [9.17, 15) is 4.79 Å². The van der Waals surface area contributed by atoms with E-state index < -0.39 is 0 Å². The first kappa shape index (κ1) is 13.8. The number of ether oxygens (including phenoxy) is 1. The lowest BCUT2D eigenvalue weighted by atomic mass is 10.0. The molecule has 0 spiro atoms. The van der Waals surface area contributed by atoms with Crippen LogP contribution in [0.2, 0.25) is 0 Å². The minimum Gasteiger partial charge on any atom is -0.379 e. The van der Waals surface area contributed by atoms with Crippen molar-refractivity contribution < 1.29 is 9.53 Å². The van der Waals surface area contributed by atoms with E-state index in [1.165, 1.54) is 25.7 Å². The van der Waals surface area contributed by atoms with E-state index in [1.54, 1.807) is 0 Å². The third kappa shape index (κ3) is 3.23. The Morgan fingerprint density at radius 1 is 1.33 bits per heavy atom. The van der Waals surface area contributed by atoms with Crippen LogP contribution in [0.15, 0.2) is 0 Å². The number of carbonyl (C=O) groups is 1. The van der Waals surface area contributed by atoms with Crippen LogP contribution in [0.25, 0.3) is 0 Å². The molecule has 2 unspecified atom stereocenters. The maximum atomic E-state index is 12.4. The van der Waals surface area contributed by atoms with E-state index in [0.29, 0.717) is 13.2 Å². The number of amides is 1. The number of likely N-dealkylation sites (N-methyl/N-ethyl adjacent to an activating group) is 1. The van der Waals surface area contributed by atoms with Gasteiger partial charge in [-0.1, -0.05) is 19.8 Å². The van der Waals surface area contributed by atoms with Crippen LogP contribution in [0.3, 0.4) is 0 Å².